The molecule has 1 amide bonds. The summed E-state index contributed by atoms with van der Waals surface area (Å²) >= 11 is 0. The van der Waals surface area contributed by atoms with Crippen molar-refractivity contribution in [2.45, 2.75) is 18.9 Å². The van der Waals surface area contributed by atoms with E-state index >= 15 is 0 Å². The maximum absolute atomic E-state index is 12.8. The highest BCUT2D eigenvalue weighted by molar-refractivity contribution is 5.96. The van der Waals surface area contributed by atoms with Crippen LogP contribution >= 0.6 is 0 Å². The van der Waals surface area contributed by atoms with Crippen LogP contribution in [-0.2, 0) is 0 Å². The van der Waals surface area contributed by atoms with Gasteiger partial charge in [-0.25, -0.2) is 0 Å². The molecule has 2 heterocycles. The molecular formula is C25H25N3O4. The molecule has 7 nitrogen and oxygen atoms in total. The number of hydrogen-bond donors (Lipinski definition) is 1. The zero-order chi connectivity index (χ0) is 22.2. The van der Waals surface area contributed by atoms with E-state index in [4.69, 9.17) is 4.74 Å². The van der Waals surface area contributed by atoms with Gasteiger partial charge >= 0.3 is 0 Å². The Morgan fingerprint density at radius 2 is 1.75 bits per heavy atom. The summed E-state index contributed by atoms with van der Waals surface area (Å²) in [6, 6.07) is 18.8. The van der Waals surface area contributed by atoms with Crippen molar-refractivity contribution in [3.63, 3.8) is 0 Å². The third-order valence-corrected chi connectivity index (χ3v) is 6.04. The Morgan fingerprint density at radius 1 is 1.03 bits per heavy atom. The zero-order valence-corrected chi connectivity index (χ0v) is 17.8. The number of rotatable bonds is 6. The third kappa shape index (κ3) is 3.60. The van der Waals surface area contributed by atoms with Crippen molar-refractivity contribution in [1.82, 2.24) is 9.58 Å². The average molecular weight is 431 g/mol. The minimum Gasteiger partial charge on any atom is -0.502 e. The van der Waals surface area contributed by atoms with Crippen LogP contribution in [0.2, 0.25) is 0 Å². The smallest absolute Gasteiger partial charge is 0.277 e. The lowest BCUT2D eigenvalue weighted by atomic mass is 9.97. The van der Waals surface area contributed by atoms with Crippen LogP contribution < -0.4 is 15.2 Å². The number of pyridine rings is 1. The minimum atomic E-state index is -0.579. The third-order valence-electron chi connectivity index (χ3n) is 6.04. The highest BCUT2D eigenvalue weighted by Crippen LogP contribution is 2.37. The summed E-state index contributed by atoms with van der Waals surface area (Å²) in [4.78, 5) is 26.4. The van der Waals surface area contributed by atoms with E-state index in [-0.39, 0.29) is 18.4 Å². The second-order valence-electron chi connectivity index (χ2n) is 8.41. The van der Waals surface area contributed by atoms with Gasteiger partial charge in [-0.15, -0.1) is 0 Å². The van der Waals surface area contributed by atoms with Gasteiger partial charge in [0.25, 0.3) is 5.91 Å². The van der Waals surface area contributed by atoms with Crippen molar-refractivity contribution in [1.29, 1.82) is 0 Å². The van der Waals surface area contributed by atoms with Crippen LogP contribution in [0.4, 0.5) is 0 Å². The second kappa shape index (κ2) is 8.07. The molecule has 1 saturated carbocycles. The number of fused-ring (bicyclic) bond motifs is 1. The van der Waals surface area contributed by atoms with Crippen LogP contribution in [0.25, 0.3) is 0 Å². The molecule has 0 bridgehead atoms. The molecule has 1 aromatic heterocycles. The molecule has 3 aromatic rings. The molecule has 0 spiro atoms. The number of ether oxygens (including phenoxy) is 1. The van der Waals surface area contributed by atoms with Gasteiger partial charge in [0, 0.05) is 24.9 Å². The normalized spacial score (nSPS) is 16.6. The Kier molecular flexibility index (Phi) is 5.09. The van der Waals surface area contributed by atoms with Crippen LogP contribution in [0.15, 0.2) is 71.7 Å². The molecule has 0 unspecified atom stereocenters. The van der Waals surface area contributed by atoms with Gasteiger partial charge in [0.2, 0.25) is 5.43 Å². The van der Waals surface area contributed by atoms with Crippen molar-refractivity contribution in [3.05, 3.63) is 93.9 Å². The topological polar surface area (TPSA) is 75.0 Å². The predicted octanol–water partition coefficient (Wildman–Crippen LogP) is 3.11. The van der Waals surface area contributed by atoms with Crippen LogP contribution in [0, 0.1) is 5.92 Å². The fourth-order valence-corrected chi connectivity index (χ4v) is 4.14. The largest absolute Gasteiger partial charge is 0.502 e. The predicted molar refractivity (Wildman–Crippen MR) is 120 cm³/mol. The Morgan fingerprint density at radius 3 is 2.50 bits per heavy atom. The monoisotopic (exact) mass is 431 g/mol. The molecule has 5 rings (SSSR count). The maximum Gasteiger partial charge on any atom is 0.277 e. The molecule has 2 aliphatic rings. The summed E-state index contributed by atoms with van der Waals surface area (Å²) in [5, 5.41) is 12.4. The fourth-order valence-electron chi connectivity index (χ4n) is 4.14. The van der Waals surface area contributed by atoms with Crippen LogP contribution in [0.3, 0.4) is 0 Å². The number of carbonyl (C=O) groups is 1. The van der Waals surface area contributed by atoms with Crippen LogP contribution in [0.5, 0.6) is 11.5 Å². The summed E-state index contributed by atoms with van der Waals surface area (Å²) in [6.45, 7) is 0.950. The van der Waals surface area contributed by atoms with Crippen molar-refractivity contribution in [2.24, 2.45) is 5.92 Å². The summed E-state index contributed by atoms with van der Waals surface area (Å²) in [6.07, 6.45) is 3.94. The van der Waals surface area contributed by atoms with E-state index < -0.39 is 17.1 Å². The number of hydrogen-bond acceptors (Lipinski definition) is 5. The molecule has 1 atom stereocenters. The Bertz CT molecular complexity index is 1200. The van der Waals surface area contributed by atoms with E-state index in [9.17, 15) is 14.7 Å². The Hall–Kier alpha value is -3.74. The minimum absolute atomic E-state index is 0.0384. The van der Waals surface area contributed by atoms with E-state index in [2.05, 4.69) is 0 Å². The molecule has 32 heavy (non-hydrogen) atoms. The first kappa shape index (κ1) is 20.2. The highest BCUT2D eigenvalue weighted by atomic mass is 16.5. The molecule has 2 aromatic carbocycles. The summed E-state index contributed by atoms with van der Waals surface area (Å²) in [7, 11) is 1.66. The van der Waals surface area contributed by atoms with Gasteiger partial charge in [-0.1, -0.05) is 48.5 Å². The molecule has 1 aliphatic heterocycles. The summed E-state index contributed by atoms with van der Waals surface area (Å²) < 4.78 is 7.81. The first-order valence-corrected chi connectivity index (χ1v) is 10.8. The van der Waals surface area contributed by atoms with Gasteiger partial charge in [-0.2, -0.15) is 0 Å². The fraction of sp³-hybridized carbons (Fsp3) is 0.280. The van der Waals surface area contributed by atoms with Crippen molar-refractivity contribution >= 4 is 5.91 Å². The van der Waals surface area contributed by atoms with Gasteiger partial charge in [0.15, 0.2) is 11.4 Å². The quantitative estimate of drug-likeness (QED) is 0.649. The number of benzene rings is 2. The Labute approximate surface area is 186 Å². The van der Waals surface area contributed by atoms with Gasteiger partial charge in [0.05, 0.1) is 6.61 Å². The second-order valence-corrected chi connectivity index (χ2v) is 8.41. The van der Waals surface area contributed by atoms with Gasteiger partial charge in [-0.05, 0) is 30.4 Å². The average Bonchev–Trinajstić information content (AvgIpc) is 3.64. The van der Waals surface area contributed by atoms with E-state index in [1.54, 1.807) is 17.9 Å². The van der Waals surface area contributed by atoms with E-state index in [1.807, 2.05) is 59.6 Å². The molecule has 7 heteroatoms. The van der Waals surface area contributed by atoms with Crippen molar-refractivity contribution < 1.29 is 14.6 Å². The molecule has 1 aliphatic carbocycles. The standard InChI is InChI=1S/C25H25N3O4/c1-26-16-28(27-14-13-20(29)24(30)23(27)25(26)31)22(18-7-3-2-4-8-18)19-9-5-6-10-21(19)32-15-17-11-12-17/h2-10,13-14,17,22,30H,11-12,15-16H2,1H3/t22-/m1/s1. The maximum atomic E-state index is 12.8. The highest BCUT2D eigenvalue weighted by Gasteiger charge is 2.36. The van der Waals surface area contributed by atoms with Gasteiger partial charge < -0.3 is 14.7 Å². The number of aromatic hydroxyl groups is 1. The number of para-hydroxylation sites is 1. The molecule has 0 saturated heterocycles. The van der Waals surface area contributed by atoms with E-state index in [0.717, 1.165) is 16.9 Å². The first-order valence-electron chi connectivity index (χ1n) is 10.8. The lowest BCUT2D eigenvalue weighted by molar-refractivity contribution is 0.0726. The van der Waals surface area contributed by atoms with Crippen LogP contribution in [-0.4, -0.2) is 40.9 Å². The first-order chi connectivity index (χ1) is 15.5. The SMILES string of the molecule is CN1CN([C@H](c2ccccc2)c2ccccc2OCC2CC2)n2ccc(=O)c(O)c2C1=O. The zero-order valence-electron chi connectivity index (χ0n) is 17.8. The lowest BCUT2D eigenvalue weighted by Crippen LogP contribution is -2.54. The Balaban J connectivity index is 1.67. The molecule has 1 N–H and O–H groups in total. The molecule has 164 valence electrons. The number of nitrogens with zero attached hydrogens (tertiary/aromatic N) is 3. The van der Waals surface area contributed by atoms with Crippen molar-refractivity contribution in [3.8, 4) is 11.5 Å². The summed E-state index contributed by atoms with van der Waals surface area (Å²) in [5.74, 6) is 0.458. The number of amides is 1. The van der Waals surface area contributed by atoms with Crippen molar-refractivity contribution in [2.75, 3.05) is 25.3 Å². The van der Waals surface area contributed by atoms with E-state index in [0.29, 0.717) is 12.5 Å². The van der Waals surface area contributed by atoms with Crippen LogP contribution in [0.1, 0.15) is 40.5 Å². The number of aromatic nitrogens is 1. The van der Waals surface area contributed by atoms with Gasteiger partial charge in [-0.3, -0.25) is 19.3 Å². The molecule has 0 radical (unpaired) electrons. The summed E-state index contributed by atoms with van der Waals surface area (Å²) in [5.41, 5.74) is 1.33. The van der Waals surface area contributed by atoms with Gasteiger partial charge in [0.1, 0.15) is 18.5 Å². The molecule has 1 fully saturated rings. The number of carbonyl (C=O) groups excluding carboxylic acids is 1. The van der Waals surface area contributed by atoms with E-state index in [1.165, 1.54) is 23.8 Å². The molecular weight excluding hydrogens is 406 g/mol. The lowest BCUT2D eigenvalue weighted by Gasteiger charge is -2.43.